The van der Waals surface area contributed by atoms with Crippen molar-refractivity contribution < 1.29 is 9.36 Å². The molecule has 0 unspecified atom stereocenters. The predicted molar refractivity (Wildman–Crippen MR) is 74.5 cm³/mol. The highest BCUT2D eigenvalue weighted by molar-refractivity contribution is 9.10. The summed E-state index contributed by atoms with van der Waals surface area (Å²) in [5.74, 6) is 0.116. The predicted octanol–water partition coefficient (Wildman–Crippen LogP) is 3.18. The maximum Gasteiger partial charge on any atom is 0.227 e. The van der Waals surface area contributed by atoms with Crippen LogP contribution in [0.15, 0.2) is 53.3 Å². The molecule has 0 N–H and O–H groups in total. The van der Waals surface area contributed by atoms with E-state index in [1.807, 2.05) is 53.4 Å². The van der Waals surface area contributed by atoms with Gasteiger partial charge in [-0.3, -0.25) is 4.79 Å². The van der Waals surface area contributed by atoms with Crippen molar-refractivity contribution in [3.05, 3.63) is 64.4 Å². The number of benzene rings is 1. The molecular weight excluding hydrogens is 290 g/mol. The zero-order valence-corrected chi connectivity index (χ0v) is 11.9. The first kappa shape index (κ1) is 13.0. The van der Waals surface area contributed by atoms with Gasteiger partial charge in [-0.15, -0.1) is 0 Å². The molecule has 0 fully saturated rings. The number of ketones is 1. The van der Waals surface area contributed by atoms with E-state index >= 15 is 0 Å². The molecule has 0 aliphatic rings. The first-order valence-electron chi connectivity index (χ1n) is 5.96. The van der Waals surface area contributed by atoms with E-state index in [1.165, 1.54) is 5.56 Å². The number of aryl methyl sites for hydroxylation is 1. The third-order valence-electron chi connectivity index (χ3n) is 2.84. The Hall–Kier alpha value is -1.48. The van der Waals surface area contributed by atoms with E-state index in [9.17, 15) is 4.79 Å². The van der Waals surface area contributed by atoms with Crippen molar-refractivity contribution in [1.29, 1.82) is 0 Å². The van der Waals surface area contributed by atoms with Gasteiger partial charge in [-0.25, -0.2) is 0 Å². The Kier molecular flexibility index (Phi) is 4.26. The molecule has 18 heavy (non-hydrogen) atoms. The minimum Gasteiger partial charge on any atom is -0.287 e. The molecule has 0 saturated carbocycles. The van der Waals surface area contributed by atoms with Gasteiger partial charge in [-0.1, -0.05) is 35.0 Å². The van der Waals surface area contributed by atoms with Crippen LogP contribution < -0.4 is 4.57 Å². The molecule has 0 atom stereocenters. The van der Waals surface area contributed by atoms with Crippen LogP contribution in [-0.4, -0.2) is 5.78 Å². The fourth-order valence-corrected chi connectivity index (χ4v) is 2.15. The third kappa shape index (κ3) is 3.26. The van der Waals surface area contributed by atoms with Crippen molar-refractivity contribution in [2.75, 3.05) is 0 Å². The average molecular weight is 305 g/mol. The summed E-state index contributed by atoms with van der Waals surface area (Å²) in [6.07, 6.45) is 4.92. The molecule has 0 spiro atoms. The highest BCUT2D eigenvalue weighted by atomic mass is 79.9. The van der Waals surface area contributed by atoms with Crippen LogP contribution in [-0.2, 0) is 13.0 Å². The van der Waals surface area contributed by atoms with Crippen LogP contribution in [0.3, 0.4) is 0 Å². The number of halogens is 1. The van der Waals surface area contributed by atoms with Crippen LogP contribution in [0.4, 0.5) is 0 Å². The molecule has 2 rings (SSSR count). The summed E-state index contributed by atoms with van der Waals surface area (Å²) in [6.45, 7) is 2.49. The second kappa shape index (κ2) is 5.91. The van der Waals surface area contributed by atoms with Crippen LogP contribution in [0.25, 0.3) is 0 Å². The first-order valence-corrected chi connectivity index (χ1v) is 6.75. The number of hydrogen-bond donors (Lipinski definition) is 0. The molecule has 0 radical (unpaired) electrons. The minimum absolute atomic E-state index is 0.116. The lowest BCUT2D eigenvalue weighted by Crippen LogP contribution is -2.37. The maximum atomic E-state index is 12.1. The smallest absolute Gasteiger partial charge is 0.227 e. The number of carbonyl (C=O) groups excluding carboxylic acids is 1. The lowest BCUT2D eigenvalue weighted by atomic mass is 10.1. The molecule has 0 bridgehead atoms. The Balaban J connectivity index is 2.11. The van der Waals surface area contributed by atoms with Gasteiger partial charge in [-0.2, -0.15) is 4.57 Å². The van der Waals surface area contributed by atoms with Gasteiger partial charge < -0.3 is 0 Å². The molecule has 2 aromatic rings. The van der Waals surface area contributed by atoms with Crippen molar-refractivity contribution in [1.82, 2.24) is 0 Å². The molecule has 92 valence electrons. The van der Waals surface area contributed by atoms with Gasteiger partial charge in [0.15, 0.2) is 12.4 Å². The Bertz CT molecular complexity index is 549. The summed E-state index contributed by atoms with van der Waals surface area (Å²) in [7, 11) is 0. The van der Waals surface area contributed by atoms with Crippen LogP contribution in [0.2, 0.25) is 0 Å². The van der Waals surface area contributed by atoms with E-state index in [0.717, 1.165) is 16.5 Å². The lowest BCUT2D eigenvalue weighted by molar-refractivity contribution is -0.683. The van der Waals surface area contributed by atoms with E-state index in [-0.39, 0.29) is 5.78 Å². The van der Waals surface area contributed by atoms with Crippen LogP contribution in [0.1, 0.15) is 22.8 Å². The number of nitrogens with zero attached hydrogens (tertiary/aromatic N) is 1. The number of Topliss-reactive ketones (excluding diaryl/α,β-unsaturated/α-hetero) is 1. The number of pyridine rings is 1. The van der Waals surface area contributed by atoms with Gasteiger partial charge >= 0.3 is 0 Å². The van der Waals surface area contributed by atoms with Crippen molar-refractivity contribution in [3.63, 3.8) is 0 Å². The quantitative estimate of drug-likeness (QED) is 0.628. The molecule has 0 saturated heterocycles. The molecule has 0 aliphatic heterocycles. The third-order valence-corrected chi connectivity index (χ3v) is 3.33. The molecule has 1 heterocycles. The highest BCUT2D eigenvalue weighted by Gasteiger charge is 2.11. The maximum absolute atomic E-state index is 12.1. The van der Waals surface area contributed by atoms with Gasteiger partial charge in [0.2, 0.25) is 12.3 Å². The molecule has 2 nitrogen and oxygen atoms in total. The molecule has 0 amide bonds. The summed E-state index contributed by atoms with van der Waals surface area (Å²) >= 11 is 3.38. The fourth-order valence-electron chi connectivity index (χ4n) is 1.75. The van der Waals surface area contributed by atoms with Crippen LogP contribution in [0.5, 0.6) is 0 Å². The lowest BCUT2D eigenvalue weighted by Gasteiger charge is -2.00. The van der Waals surface area contributed by atoms with Gasteiger partial charge in [0.05, 0.1) is 0 Å². The Morgan fingerprint density at radius 1 is 1.22 bits per heavy atom. The van der Waals surface area contributed by atoms with E-state index < -0.39 is 0 Å². The number of rotatable bonds is 4. The van der Waals surface area contributed by atoms with Crippen molar-refractivity contribution >= 4 is 21.7 Å². The summed E-state index contributed by atoms with van der Waals surface area (Å²) in [5, 5.41) is 0. The number of aromatic nitrogens is 1. The Morgan fingerprint density at radius 3 is 2.56 bits per heavy atom. The molecule has 1 aromatic carbocycles. The number of hydrogen-bond acceptors (Lipinski definition) is 1. The normalized spacial score (nSPS) is 10.3. The molecule has 0 aliphatic carbocycles. The molecule has 1 aromatic heterocycles. The standard InChI is InChI=1S/C15H15BrNO/c1-2-12-6-8-17(9-7-12)11-15(18)13-4-3-5-14(16)10-13/h3-10H,2,11H2,1H3/q+1. The van der Waals surface area contributed by atoms with Gasteiger partial charge in [0.25, 0.3) is 0 Å². The SMILES string of the molecule is CCc1cc[n+](CC(=O)c2cccc(Br)c2)cc1. The molecule has 3 heteroatoms. The first-order chi connectivity index (χ1) is 8.69. The van der Waals surface area contributed by atoms with Gasteiger partial charge in [-0.05, 0) is 24.1 Å². The van der Waals surface area contributed by atoms with E-state index in [4.69, 9.17) is 0 Å². The highest BCUT2D eigenvalue weighted by Crippen LogP contribution is 2.12. The fraction of sp³-hybridized carbons (Fsp3) is 0.200. The van der Waals surface area contributed by atoms with Gasteiger partial charge in [0, 0.05) is 22.2 Å². The Morgan fingerprint density at radius 2 is 1.94 bits per heavy atom. The van der Waals surface area contributed by atoms with Crippen LogP contribution in [0, 0.1) is 0 Å². The molecular formula is C15H15BrNO+. The zero-order chi connectivity index (χ0) is 13.0. The second-order valence-electron chi connectivity index (χ2n) is 4.17. The largest absolute Gasteiger partial charge is 0.287 e. The van der Waals surface area contributed by atoms with E-state index in [1.54, 1.807) is 0 Å². The summed E-state index contributed by atoms with van der Waals surface area (Å²) in [4.78, 5) is 12.1. The minimum atomic E-state index is 0.116. The topological polar surface area (TPSA) is 20.9 Å². The van der Waals surface area contributed by atoms with E-state index in [0.29, 0.717) is 6.54 Å². The van der Waals surface area contributed by atoms with Crippen molar-refractivity contribution in [3.8, 4) is 0 Å². The summed E-state index contributed by atoms with van der Waals surface area (Å²) in [6, 6.07) is 11.6. The summed E-state index contributed by atoms with van der Waals surface area (Å²) in [5.41, 5.74) is 2.01. The van der Waals surface area contributed by atoms with Crippen molar-refractivity contribution in [2.45, 2.75) is 19.9 Å². The second-order valence-corrected chi connectivity index (χ2v) is 5.08. The van der Waals surface area contributed by atoms with Gasteiger partial charge in [0.1, 0.15) is 0 Å². The van der Waals surface area contributed by atoms with Crippen LogP contribution >= 0.6 is 15.9 Å². The zero-order valence-electron chi connectivity index (χ0n) is 10.3. The summed E-state index contributed by atoms with van der Waals surface area (Å²) < 4.78 is 2.84. The monoisotopic (exact) mass is 304 g/mol. The van der Waals surface area contributed by atoms with Crippen molar-refractivity contribution in [2.24, 2.45) is 0 Å². The van der Waals surface area contributed by atoms with E-state index in [2.05, 4.69) is 22.9 Å². The Labute approximate surface area is 115 Å². The average Bonchev–Trinajstić information content (AvgIpc) is 2.39. The number of carbonyl (C=O) groups is 1.